The smallest absolute Gasteiger partial charge is 0.328 e. The average molecular weight is 283 g/mol. The van der Waals surface area contributed by atoms with Crippen LogP contribution in [0.15, 0.2) is 12.2 Å². The maximum Gasteiger partial charge on any atom is 0.328 e. The molecule has 0 radical (unpaired) electrons. The number of piperazine rings is 1. The SMILES string of the molecule is CC(CCNC(=O)C=CC(=O)O)C1NC(=O)CNC1=O. The fourth-order valence-electron chi connectivity index (χ4n) is 1.76. The molecule has 20 heavy (non-hydrogen) atoms. The van der Waals surface area contributed by atoms with Gasteiger partial charge in [-0.1, -0.05) is 6.92 Å². The van der Waals surface area contributed by atoms with Gasteiger partial charge in [0.1, 0.15) is 6.04 Å². The van der Waals surface area contributed by atoms with Crippen molar-refractivity contribution in [1.29, 1.82) is 0 Å². The molecule has 0 aromatic carbocycles. The van der Waals surface area contributed by atoms with Crippen LogP contribution in [-0.2, 0) is 19.2 Å². The zero-order valence-electron chi connectivity index (χ0n) is 11.0. The van der Waals surface area contributed by atoms with Crippen molar-refractivity contribution in [3.8, 4) is 0 Å². The van der Waals surface area contributed by atoms with Crippen LogP contribution < -0.4 is 16.0 Å². The maximum absolute atomic E-state index is 11.6. The van der Waals surface area contributed by atoms with Crippen molar-refractivity contribution in [3.05, 3.63) is 12.2 Å². The van der Waals surface area contributed by atoms with Crippen LogP contribution in [-0.4, -0.2) is 47.9 Å². The highest BCUT2D eigenvalue weighted by molar-refractivity contribution is 5.95. The Morgan fingerprint density at radius 3 is 2.80 bits per heavy atom. The van der Waals surface area contributed by atoms with Crippen molar-refractivity contribution in [3.63, 3.8) is 0 Å². The molecule has 2 atom stereocenters. The molecule has 4 N–H and O–H groups in total. The highest BCUT2D eigenvalue weighted by Gasteiger charge is 2.30. The van der Waals surface area contributed by atoms with Crippen molar-refractivity contribution < 1.29 is 24.3 Å². The second kappa shape index (κ2) is 7.27. The molecule has 8 nitrogen and oxygen atoms in total. The summed E-state index contributed by atoms with van der Waals surface area (Å²) in [5.74, 6) is -2.35. The first-order chi connectivity index (χ1) is 9.40. The van der Waals surface area contributed by atoms with E-state index in [2.05, 4.69) is 16.0 Å². The van der Waals surface area contributed by atoms with Crippen LogP contribution in [0.5, 0.6) is 0 Å². The molecule has 0 aromatic rings. The largest absolute Gasteiger partial charge is 0.478 e. The number of hydrogen-bond donors (Lipinski definition) is 4. The Hall–Kier alpha value is -2.38. The Kier molecular flexibility index (Phi) is 5.70. The fourth-order valence-corrected chi connectivity index (χ4v) is 1.76. The number of carbonyl (C=O) groups is 4. The van der Waals surface area contributed by atoms with Crippen molar-refractivity contribution in [2.24, 2.45) is 5.92 Å². The summed E-state index contributed by atoms with van der Waals surface area (Å²) in [6.45, 7) is 2.05. The highest BCUT2D eigenvalue weighted by atomic mass is 16.4. The van der Waals surface area contributed by atoms with Crippen LogP contribution in [0, 0.1) is 5.92 Å². The normalized spacial score (nSPS) is 20.1. The summed E-state index contributed by atoms with van der Waals surface area (Å²) >= 11 is 0. The van der Waals surface area contributed by atoms with Gasteiger partial charge >= 0.3 is 5.97 Å². The third-order valence-electron chi connectivity index (χ3n) is 2.87. The molecule has 8 heteroatoms. The highest BCUT2D eigenvalue weighted by Crippen LogP contribution is 2.09. The van der Waals surface area contributed by atoms with E-state index in [4.69, 9.17) is 5.11 Å². The van der Waals surface area contributed by atoms with Crippen LogP contribution in [0.25, 0.3) is 0 Å². The summed E-state index contributed by atoms with van der Waals surface area (Å²) in [6, 6.07) is -0.609. The van der Waals surface area contributed by atoms with Crippen LogP contribution in [0.3, 0.4) is 0 Å². The lowest BCUT2D eigenvalue weighted by Gasteiger charge is -2.28. The second-order valence-corrected chi connectivity index (χ2v) is 4.49. The monoisotopic (exact) mass is 283 g/mol. The molecule has 1 fully saturated rings. The summed E-state index contributed by atoms with van der Waals surface area (Å²) < 4.78 is 0. The van der Waals surface area contributed by atoms with Gasteiger partial charge in [0.25, 0.3) is 0 Å². The van der Waals surface area contributed by atoms with Gasteiger partial charge in [-0.15, -0.1) is 0 Å². The number of rotatable bonds is 6. The molecule has 1 rings (SSSR count). The van der Waals surface area contributed by atoms with Crippen LogP contribution in [0.4, 0.5) is 0 Å². The van der Waals surface area contributed by atoms with Gasteiger partial charge in [-0.2, -0.15) is 0 Å². The molecule has 0 spiro atoms. The number of hydrogen-bond acceptors (Lipinski definition) is 4. The fraction of sp³-hybridized carbons (Fsp3) is 0.500. The number of nitrogens with one attached hydrogen (secondary N) is 3. The molecular formula is C12H17N3O5. The number of carboxylic acid groups (broad SMARTS) is 1. The minimum Gasteiger partial charge on any atom is -0.478 e. The van der Waals surface area contributed by atoms with Crippen molar-refractivity contribution in [1.82, 2.24) is 16.0 Å². The van der Waals surface area contributed by atoms with E-state index >= 15 is 0 Å². The summed E-state index contributed by atoms with van der Waals surface area (Å²) in [4.78, 5) is 44.2. The van der Waals surface area contributed by atoms with E-state index in [1.165, 1.54) is 0 Å². The van der Waals surface area contributed by atoms with E-state index < -0.39 is 17.9 Å². The van der Waals surface area contributed by atoms with Gasteiger partial charge in [-0.25, -0.2) is 4.79 Å². The van der Waals surface area contributed by atoms with Gasteiger partial charge in [0, 0.05) is 18.7 Å². The van der Waals surface area contributed by atoms with Crippen LogP contribution >= 0.6 is 0 Å². The van der Waals surface area contributed by atoms with Gasteiger partial charge in [-0.3, -0.25) is 14.4 Å². The lowest BCUT2D eigenvalue weighted by atomic mass is 9.96. The minimum absolute atomic E-state index is 0.0151. The summed E-state index contributed by atoms with van der Waals surface area (Å²) in [7, 11) is 0. The predicted molar refractivity (Wildman–Crippen MR) is 68.5 cm³/mol. The minimum atomic E-state index is -1.20. The lowest BCUT2D eigenvalue weighted by molar-refractivity contribution is -0.135. The summed E-state index contributed by atoms with van der Waals surface area (Å²) in [6.07, 6.45) is 2.14. The summed E-state index contributed by atoms with van der Waals surface area (Å²) in [5, 5.41) is 15.9. The van der Waals surface area contributed by atoms with E-state index in [0.29, 0.717) is 6.42 Å². The standard InChI is InChI=1S/C12H17N3O5/c1-7(11-12(20)14-6-9(17)15-11)4-5-13-8(16)2-3-10(18)19/h2-3,7,11H,4-6H2,1H3,(H,13,16)(H,14,20)(H,15,17)(H,18,19). The Bertz CT molecular complexity index is 446. The molecular weight excluding hydrogens is 266 g/mol. The van der Waals surface area contributed by atoms with Gasteiger partial charge in [0.15, 0.2) is 0 Å². The molecule has 0 aromatic heterocycles. The topological polar surface area (TPSA) is 125 Å². The first-order valence-electron chi connectivity index (χ1n) is 6.16. The van der Waals surface area contributed by atoms with Crippen LogP contribution in [0.1, 0.15) is 13.3 Å². The van der Waals surface area contributed by atoms with Gasteiger partial charge in [0.2, 0.25) is 17.7 Å². The molecule has 1 aliphatic rings. The van der Waals surface area contributed by atoms with E-state index in [9.17, 15) is 19.2 Å². The molecule has 0 bridgehead atoms. The summed E-state index contributed by atoms with van der Waals surface area (Å²) in [5.41, 5.74) is 0. The third kappa shape index (κ3) is 5.09. The first-order valence-corrected chi connectivity index (χ1v) is 6.16. The second-order valence-electron chi connectivity index (χ2n) is 4.49. The lowest BCUT2D eigenvalue weighted by Crippen LogP contribution is -2.58. The molecule has 3 amide bonds. The van der Waals surface area contributed by atoms with Crippen molar-refractivity contribution in [2.45, 2.75) is 19.4 Å². The number of carboxylic acids is 1. The van der Waals surface area contributed by atoms with Gasteiger partial charge in [0.05, 0.1) is 6.54 Å². The predicted octanol–water partition coefficient (Wildman–Crippen LogP) is -1.62. The van der Waals surface area contributed by atoms with Gasteiger partial charge < -0.3 is 21.1 Å². The average Bonchev–Trinajstić information content (AvgIpc) is 2.39. The van der Waals surface area contributed by atoms with Crippen LogP contribution in [0.2, 0.25) is 0 Å². The Morgan fingerprint density at radius 1 is 1.45 bits per heavy atom. The van der Waals surface area contributed by atoms with E-state index in [0.717, 1.165) is 12.2 Å². The quantitative estimate of drug-likeness (QED) is 0.436. The molecule has 1 saturated heterocycles. The van der Waals surface area contributed by atoms with E-state index in [-0.39, 0.29) is 30.8 Å². The first kappa shape index (κ1) is 15.7. The number of carbonyl (C=O) groups excluding carboxylic acids is 3. The molecule has 1 heterocycles. The zero-order chi connectivity index (χ0) is 15.1. The molecule has 1 aliphatic heterocycles. The molecule has 0 aliphatic carbocycles. The van der Waals surface area contributed by atoms with E-state index in [1.807, 2.05) is 0 Å². The van der Waals surface area contributed by atoms with E-state index in [1.54, 1.807) is 6.92 Å². The van der Waals surface area contributed by atoms with Gasteiger partial charge in [-0.05, 0) is 12.3 Å². The van der Waals surface area contributed by atoms with Crippen molar-refractivity contribution >= 4 is 23.7 Å². The number of amides is 3. The Morgan fingerprint density at radius 2 is 2.15 bits per heavy atom. The molecule has 2 unspecified atom stereocenters. The molecule has 110 valence electrons. The Labute approximate surface area is 115 Å². The Balaban J connectivity index is 2.34. The number of aliphatic carboxylic acids is 1. The van der Waals surface area contributed by atoms with Crippen molar-refractivity contribution in [2.75, 3.05) is 13.1 Å². The molecule has 0 saturated carbocycles. The zero-order valence-corrected chi connectivity index (χ0v) is 11.0. The third-order valence-corrected chi connectivity index (χ3v) is 2.87. The maximum atomic E-state index is 11.6.